The van der Waals surface area contributed by atoms with Gasteiger partial charge in [-0.25, -0.2) is 8.42 Å². The molecule has 5 nitrogen and oxygen atoms in total. The van der Waals surface area contributed by atoms with E-state index in [4.69, 9.17) is 0 Å². The van der Waals surface area contributed by atoms with E-state index in [9.17, 15) is 13.2 Å². The van der Waals surface area contributed by atoms with Crippen LogP contribution in [0.25, 0.3) is 0 Å². The number of amides is 1. The van der Waals surface area contributed by atoms with Gasteiger partial charge in [-0.2, -0.15) is 0 Å². The summed E-state index contributed by atoms with van der Waals surface area (Å²) in [6.07, 6.45) is 2.73. The van der Waals surface area contributed by atoms with Gasteiger partial charge in [0.05, 0.1) is 17.6 Å². The molecule has 0 aliphatic carbocycles. The normalized spacial score (nSPS) is 14.2. The molecule has 1 N–H and O–H groups in total. The molecule has 0 atom stereocenters. The molecule has 2 aromatic carbocycles. The van der Waals surface area contributed by atoms with Crippen molar-refractivity contribution in [3.63, 3.8) is 0 Å². The van der Waals surface area contributed by atoms with Crippen LogP contribution in [0.1, 0.15) is 22.3 Å². The van der Waals surface area contributed by atoms with Crippen LogP contribution in [0, 0.1) is 3.57 Å². The molecule has 0 saturated carbocycles. The molecular formula is C17H17IN2O3S. The minimum Gasteiger partial charge on any atom is -0.321 e. The Morgan fingerprint density at radius 2 is 1.96 bits per heavy atom. The summed E-state index contributed by atoms with van der Waals surface area (Å²) < 4.78 is 26.2. The summed E-state index contributed by atoms with van der Waals surface area (Å²) in [4.78, 5) is 12.5. The number of rotatable bonds is 3. The maximum absolute atomic E-state index is 12.5. The fourth-order valence-corrected chi connectivity index (χ4v) is 4.32. The zero-order chi connectivity index (χ0) is 17.3. The second kappa shape index (κ2) is 6.72. The van der Waals surface area contributed by atoms with Gasteiger partial charge < -0.3 is 5.32 Å². The highest BCUT2D eigenvalue weighted by Crippen LogP contribution is 2.30. The van der Waals surface area contributed by atoms with Crippen molar-refractivity contribution >= 4 is 49.9 Å². The summed E-state index contributed by atoms with van der Waals surface area (Å²) in [6, 6.07) is 12.7. The zero-order valence-corrected chi connectivity index (χ0v) is 16.1. The van der Waals surface area contributed by atoms with Crippen LogP contribution in [0.4, 0.5) is 11.4 Å². The molecule has 0 aromatic heterocycles. The third-order valence-electron chi connectivity index (χ3n) is 3.94. The average Bonchev–Trinajstić information content (AvgIpc) is 2.55. The fourth-order valence-electron chi connectivity index (χ4n) is 2.81. The number of carbonyl (C=O) groups is 1. The molecule has 0 spiro atoms. The molecule has 1 aliphatic rings. The van der Waals surface area contributed by atoms with Crippen LogP contribution in [0.2, 0.25) is 0 Å². The number of hydrogen-bond donors (Lipinski definition) is 1. The summed E-state index contributed by atoms with van der Waals surface area (Å²) in [6.45, 7) is 0.486. The second-order valence-corrected chi connectivity index (χ2v) is 8.79. The third-order valence-corrected chi connectivity index (χ3v) is 6.06. The van der Waals surface area contributed by atoms with Crippen molar-refractivity contribution in [3.8, 4) is 0 Å². The SMILES string of the molecule is CS(=O)(=O)N1CCCc2cc(C(=O)Nc3ccccc3I)ccc21. The Balaban J connectivity index is 1.89. The second-order valence-electron chi connectivity index (χ2n) is 5.72. The molecule has 3 rings (SSSR count). The van der Waals surface area contributed by atoms with E-state index in [-0.39, 0.29) is 5.91 Å². The summed E-state index contributed by atoms with van der Waals surface area (Å²) in [5, 5.41) is 2.90. The van der Waals surface area contributed by atoms with Gasteiger partial charge in [0, 0.05) is 15.7 Å². The van der Waals surface area contributed by atoms with Crippen molar-refractivity contribution in [2.45, 2.75) is 12.8 Å². The van der Waals surface area contributed by atoms with Gasteiger partial charge in [0.25, 0.3) is 5.91 Å². The van der Waals surface area contributed by atoms with E-state index >= 15 is 0 Å². The number of halogens is 1. The lowest BCUT2D eigenvalue weighted by molar-refractivity contribution is 0.102. The number of nitrogens with one attached hydrogen (secondary N) is 1. The maximum Gasteiger partial charge on any atom is 0.255 e. The van der Waals surface area contributed by atoms with Gasteiger partial charge in [-0.1, -0.05) is 12.1 Å². The maximum atomic E-state index is 12.5. The molecule has 1 amide bonds. The molecular weight excluding hydrogens is 439 g/mol. The Labute approximate surface area is 155 Å². The number of carbonyl (C=O) groups excluding carboxylic acids is 1. The first-order chi connectivity index (χ1) is 11.4. The number of sulfonamides is 1. The predicted molar refractivity (Wildman–Crippen MR) is 104 cm³/mol. The van der Waals surface area contributed by atoms with E-state index in [1.54, 1.807) is 18.2 Å². The molecule has 2 aromatic rings. The van der Waals surface area contributed by atoms with Crippen molar-refractivity contribution in [2.75, 3.05) is 22.4 Å². The Morgan fingerprint density at radius 3 is 2.67 bits per heavy atom. The van der Waals surface area contributed by atoms with Crippen molar-refractivity contribution in [1.29, 1.82) is 0 Å². The van der Waals surface area contributed by atoms with Gasteiger partial charge in [0.15, 0.2) is 0 Å². The van der Waals surface area contributed by atoms with E-state index in [0.29, 0.717) is 17.8 Å². The number of aryl methyl sites for hydroxylation is 1. The minimum absolute atomic E-state index is 0.196. The third kappa shape index (κ3) is 3.56. The summed E-state index contributed by atoms with van der Waals surface area (Å²) in [5.41, 5.74) is 2.86. The van der Waals surface area contributed by atoms with Crippen LogP contribution < -0.4 is 9.62 Å². The topological polar surface area (TPSA) is 66.5 Å². The van der Waals surface area contributed by atoms with Crippen LogP contribution >= 0.6 is 22.6 Å². The highest BCUT2D eigenvalue weighted by atomic mass is 127. The first-order valence-electron chi connectivity index (χ1n) is 7.53. The number of anilines is 2. The zero-order valence-electron chi connectivity index (χ0n) is 13.1. The number of nitrogens with zero attached hydrogens (tertiary/aromatic N) is 1. The number of benzene rings is 2. The van der Waals surface area contributed by atoms with E-state index in [1.165, 1.54) is 10.6 Å². The van der Waals surface area contributed by atoms with E-state index in [1.807, 2.05) is 24.3 Å². The largest absolute Gasteiger partial charge is 0.321 e. The standard InChI is InChI=1S/C17H17IN2O3S/c1-24(22,23)20-10-4-5-12-11-13(8-9-16(12)20)17(21)19-15-7-3-2-6-14(15)18/h2-3,6-9,11H,4-5,10H2,1H3,(H,19,21). The van der Waals surface area contributed by atoms with Crippen molar-refractivity contribution in [3.05, 3.63) is 57.2 Å². The lowest BCUT2D eigenvalue weighted by atomic mass is 10.0. The summed E-state index contributed by atoms with van der Waals surface area (Å²) >= 11 is 2.17. The van der Waals surface area contributed by atoms with E-state index in [0.717, 1.165) is 27.7 Å². The van der Waals surface area contributed by atoms with E-state index in [2.05, 4.69) is 27.9 Å². The van der Waals surface area contributed by atoms with Crippen LogP contribution in [0.5, 0.6) is 0 Å². The Morgan fingerprint density at radius 1 is 1.21 bits per heavy atom. The Hall–Kier alpha value is -1.61. The van der Waals surface area contributed by atoms with Crippen LogP contribution in [0.3, 0.4) is 0 Å². The lowest BCUT2D eigenvalue weighted by Gasteiger charge is -2.29. The molecule has 1 heterocycles. The monoisotopic (exact) mass is 456 g/mol. The molecule has 7 heteroatoms. The average molecular weight is 456 g/mol. The van der Waals surface area contributed by atoms with Gasteiger partial charge in [-0.15, -0.1) is 0 Å². The number of hydrogen-bond acceptors (Lipinski definition) is 3. The van der Waals surface area contributed by atoms with Gasteiger partial charge in [-0.3, -0.25) is 9.10 Å². The Kier molecular flexibility index (Phi) is 4.82. The van der Waals surface area contributed by atoms with E-state index < -0.39 is 10.0 Å². The minimum atomic E-state index is -3.29. The summed E-state index contributed by atoms with van der Waals surface area (Å²) in [7, 11) is -3.29. The van der Waals surface area contributed by atoms with Crippen molar-refractivity contribution in [2.24, 2.45) is 0 Å². The quantitative estimate of drug-likeness (QED) is 0.722. The predicted octanol–water partition coefficient (Wildman–Crippen LogP) is 3.26. The van der Waals surface area contributed by atoms with Gasteiger partial charge >= 0.3 is 0 Å². The molecule has 126 valence electrons. The summed E-state index contributed by atoms with van der Waals surface area (Å²) in [5.74, 6) is -0.196. The van der Waals surface area contributed by atoms with Crippen molar-refractivity contribution < 1.29 is 13.2 Å². The smallest absolute Gasteiger partial charge is 0.255 e. The van der Waals surface area contributed by atoms with Gasteiger partial charge in [0.1, 0.15) is 0 Å². The molecule has 24 heavy (non-hydrogen) atoms. The molecule has 0 fully saturated rings. The van der Waals surface area contributed by atoms with Gasteiger partial charge in [-0.05, 0) is 71.3 Å². The highest BCUT2D eigenvalue weighted by Gasteiger charge is 2.24. The molecule has 0 radical (unpaired) electrons. The van der Waals surface area contributed by atoms with Crippen LogP contribution in [0.15, 0.2) is 42.5 Å². The van der Waals surface area contributed by atoms with Crippen LogP contribution in [-0.2, 0) is 16.4 Å². The number of fused-ring (bicyclic) bond motifs is 1. The number of para-hydroxylation sites is 1. The first-order valence-corrected chi connectivity index (χ1v) is 10.5. The molecule has 0 saturated heterocycles. The molecule has 0 bridgehead atoms. The fraction of sp³-hybridized carbons (Fsp3) is 0.235. The first kappa shape index (κ1) is 17.2. The Bertz CT molecular complexity index is 896. The van der Waals surface area contributed by atoms with Gasteiger partial charge in [0.2, 0.25) is 10.0 Å². The molecule has 0 unspecified atom stereocenters. The lowest BCUT2D eigenvalue weighted by Crippen LogP contribution is -2.34. The highest BCUT2D eigenvalue weighted by molar-refractivity contribution is 14.1. The van der Waals surface area contributed by atoms with Crippen LogP contribution in [-0.4, -0.2) is 27.1 Å². The molecule has 1 aliphatic heterocycles. The van der Waals surface area contributed by atoms with Crippen molar-refractivity contribution in [1.82, 2.24) is 0 Å².